The number of aliphatic hydroxyl groups excluding tert-OH is 1. The van der Waals surface area contributed by atoms with Gasteiger partial charge in [-0.15, -0.1) is 0 Å². The summed E-state index contributed by atoms with van der Waals surface area (Å²) in [5.74, 6) is 0. The van der Waals surface area contributed by atoms with Crippen molar-refractivity contribution in [1.82, 2.24) is 0 Å². The zero-order valence-corrected chi connectivity index (χ0v) is 8.93. The molecule has 0 aromatic rings. The van der Waals surface area contributed by atoms with E-state index in [1.807, 2.05) is 0 Å². The fourth-order valence-electron chi connectivity index (χ4n) is 1.95. The molecule has 0 saturated heterocycles. The van der Waals surface area contributed by atoms with E-state index in [9.17, 15) is 5.11 Å². The molecule has 1 N–H and O–H groups in total. The van der Waals surface area contributed by atoms with Crippen molar-refractivity contribution in [3.63, 3.8) is 0 Å². The highest BCUT2D eigenvalue weighted by Gasteiger charge is 2.30. The first-order valence-electron chi connectivity index (χ1n) is 4.68. The lowest BCUT2D eigenvalue weighted by Gasteiger charge is -2.34. The largest absolute Gasteiger partial charge is 0.393 e. The van der Waals surface area contributed by atoms with E-state index in [0.29, 0.717) is 0 Å². The molecular weight excluding hydrogens is 152 g/mol. The maximum atomic E-state index is 9.47. The Bertz CT molecular complexity index is 128. The number of aliphatic hydroxyl groups is 1. The fourth-order valence-corrected chi connectivity index (χ4v) is 4.00. The van der Waals surface area contributed by atoms with E-state index in [2.05, 4.69) is 19.6 Å². The van der Waals surface area contributed by atoms with Crippen LogP contribution in [-0.2, 0) is 0 Å². The third-order valence-electron chi connectivity index (χ3n) is 2.87. The first-order chi connectivity index (χ1) is 5.00. The van der Waals surface area contributed by atoms with Crippen LogP contribution in [0, 0.1) is 0 Å². The van der Waals surface area contributed by atoms with Gasteiger partial charge < -0.3 is 5.11 Å². The Morgan fingerprint density at radius 1 is 1.18 bits per heavy atom. The molecule has 0 aromatic carbocycles. The normalized spacial score (nSPS) is 33.8. The predicted octanol–water partition coefficient (Wildman–Crippen LogP) is 2.63. The van der Waals surface area contributed by atoms with Gasteiger partial charge in [-0.1, -0.05) is 32.5 Å². The molecule has 0 heterocycles. The third-order valence-corrected chi connectivity index (χ3v) is 5.85. The van der Waals surface area contributed by atoms with Gasteiger partial charge >= 0.3 is 0 Å². The minimum absolute atomic E-state index is 0.0143. The Kier molecular flexibility index (Phi) is 2.76. The van der Waals surface area contributed by atoms with Crippen molar-refractivity contribution < 1.29 is 5.11 Å². The quantitative estimate of drug-likeness (QED) is 0.603. The van der Waals surface area contributed by atoms with Gasteiger partial charge in [-0.3, -0.25) is 0 Å². The van der Waals surface area contributed by atoms with Crippen LogP contribution in [0.1, 0.15) is 25.7 Å². The standard InChI is InChI=1S/C9H20OSi/c1-11(2,3)9-6-4-5-8(10)7-9/h8-10H,4-7H2,1-3H3/t8-,9+/m0/s1. The van der Waals surface area contributed by atoms with Crippen molar-refractivity contribution in [2.45, 2.75) is 57.0 Å². The van der Waals surface area contributed by atoms with Crippen LogP contribution in [0.4, 0.5) is 0 Å². The summed E-state index contributed by atoms with van der Waals surface area (Å²) in [5.41, 5.74) is 0.867. The molecule has 0 bridgehead atoms. The lowest BCUT2D eigenvalue weighted by Crippen LogP contribution is -2.33. The van der Waals surface area contributed by atoms with E-state index in [4.69, 9.17) is 0 Å². The molecule has 2 heteroatoms. The second kappa shape index (κ2) is 3.28. The molecule has 11 heavy (non-hydrogen) atoms. The molecule has 1 nitrogen and oxygen atoms in total. The number of hydrogen-bond donors (Lipinski definition) is 1. The fraction of sp³-hybridized carbons (Fsp3) is 1.00. The van der Waals surface area contributed by atoms with Gasteiger partial charge in [0.1, 0.15) is 0 Å². The second-order valence-electron chi connectivity index (χ2n) is 4.88. The molecule has 1 fully saturated rings. The summed E-state index contributed by atoms with van der Waals surface area (Å²) < 4.78 is 0. The van der Waals surface area contributed by atoms with E-state index >= 15 is 0 Å². The summed E-state index contributed by atoms with van der Waals surface area (Å²) in [6.45, 7) is 7.24. The first kappa shape index (κ1) is 9.27. The smallest absolute Gasteiger partial charge is 0.0540 e. The minimum Gasteiger partial charge on any atom is -0.393 e. The van der Waals surface area contributed by atoms with Gasteiger partial charge in [0, 0.05) is 8.07 Å². The molecular formula is C9H20OSi. The molecule has 66 valence electrons. The van der Waals surface area contributed by atoms with Crippen molar-refractivity contribution in [2.75, 3.05) is 0 Å². The summed E-state index contributed by atoms with van der Waals surface area (Å²) in [5, 5.41) is 9.47. The maximum absolute atomic E-state index is 9.47. The Hall–Kier alpha value is 0.177. The Morgan fingerprint density at radius 2 is 1.82 bits per heavy atom. The third kappa shape index (κ3) is 2.60. The van der Waals surface area contributed by atoms with E-state index in [-0.39, 0.29) is 6.10 Å². The predicted molar refractivity (Wildman–Crippen MR) is 51.6 cm³/mol. The average Bonchev–Trinajstić information content (AvgIpc) is 1.86. The highest BCUT2D eigenvalue weighted by molar-refractivity contribution is 6.77. The molecule has 0 aromatic heterocycles. The summed E-state index contributed by atoms with van der Waals surface area (Å²) in [7, 11) is -0.958. The molecule has 1 rings (SSSR count). The Balaban J connectivity index is 2.46. The zero-order chi connectivity index (χ0) is 8.48. The summed E-state index contributed by atoms with van der Waals surface area (Å²) >= 11 is 0. The van der Waals surface area contributed by atoms with Gasteiger partial charge in [-0.25, -0.2) is 0 Å². The molecule has 0 spiro atoms. The van der Waals surface area contributed by atoms with Gasteiger partial charge in [-0.05, 0) is 18.4 Å². The van der Waals surface area contributed by atoms with Crippen molar-refractivity contribution in [1.29, 1.82) is 0 Å². The van der Waals surface area contributed by atoms with E-state index in [1.165, 1.54) is 12.8 Å². The Labute approximate surface area is 70.8 Å². The molecule has 0 amide bonds. The van der Waals surface area contributed by atoms with Crippen molar-refractivity contribution in [3.05, 3.63) is 0 Å². The number of hydrogen-bond acceptors (Lipinski definition) is 1. The van der Waals surface area contributed by atoms with Crippen molar-refractivity contribution in [3.8, 4) is 0 Å². The molecule has 1 aliphatic rings. The van der Waals surface area contributed by atoms with Gasteiger partial charge in [0.15, 0.2) is 0 Å². The first-order valence-corrected chi connectivity index (χ1v) is 8.26. The van der Waals surface area contributed by atoms with Gasteiger partial charge in [0.2, 0.25) is 0 Å². The molecule has 1 saturated carbocycles. The molecule has 2 atom stereocenters. The van der Waals surface area contributed by atoms with Crippen LogP contribution in [0.3, 0.4) is 0 Å². The van der Waals surface area contributed by atoms with Crippen LogP contribution in [0.15, 0.2) is 0 Å². The summed E-state index contributed by atoms with van der Waals surface area (Å²) in [4.78, 5) is 0. The minimum atomic E-state index is -0.958. The second-order valence-corrected chi connectivity index (χ2v) is 10.4. The number of rotatable bonds is 1. The van der Waals surface area contributed by atoms with Crippen LogP contribution in [0.5, 0.6) is 0 Å². The van der Waals surface area contributed by atoms with E-state index in [1.54, 1.807) is 0 Å². The molecule has 0 aliphatic heterocycles. The monoisotopic (exact) mass is 172 g/mol. The summed E-state index contributed by atoms with van der Waals surface area (Å²) in [6, 6.07) is 0. The average molecular weight is 172 g/mol. The van der Waals surface area contributed by atoms with Gasteiger partial charge in [-0.2, -0.15) is 0 Å². The van der Waals surface area contributed by atoms with Gasteiger partial charge in [0.25, 0.3) is 0 Å². The van der Waals surface area contributed by atoms with Crippen LogP contribution in [0.2, 0.25) is 25.2 Å². The van der Waals surface area contributed by atoms with Crippen LogP contribution in [-0.4, -0.2) is 19.3 Å². The highest BCUT2D eigenvalue weighted by Crippen LogP contribution is 2.36. The lowest BCUT2D eigenvalue weighted by molar-refractivity contribution is 0.129. The van der Waals surface area contributed by atoms with E-state index < -0.39 is 8.07 Å². The van der Waals surface area contributed by atoms with E-state index in [0.717, 1.165) is 18.4 Å². The van der Waals surface area contributed by atoms with Crippen LogP contribution in [0.25, 0.3) is 0 Å². The lowest BCUT2D eigenvalue weighted by atomic mass is 9.97. The SMILES string of the molecule is C[Si](C)(C)[C@@H]1CCC[C@H](O)C1. The Morgan fingerprint density at radius 3 is 2.18 bits per heavy atom. The molecule has 1 aliphatic carbocycles. The highest BCUT2D eigenvalue weighted by atomic mass is 28.3. The zero-order valence-electron chi connectivity index (χ0n) is 7.93. The summed E-state index contributed by atoms with van der Waals surface area (Å²) in [6.07, 6.45) is 4.75. The van der Waals surface area contributed by atoms with Gasteiger partial charge in [0.05, 0.1) is 6.10 Å². The molecule has 0 unspecified atom stereocenters. The van der Waals surface area contributed by atoms with Crippen molar-refractivity contribution >= 4 is 8.07 Å². The topological polar surface area (TPSA) is 20.2 Å². The van der Waals surface area contributed by atoms with Crippen LogP contribution < -0.4 is 0 Å². The molecule has 0 radical (unpaired) electrons. The van der Waals surface area contributed by atoms with Crippen molar-refractivity contribution in [2.24, 2.45) is 0 Å². The maximum Gasteiger partial charge on any atom is 0.0540 e. The van der Waals surface area contributed by atoms with Crippen LogP contribution >= 0.6 is 0 Å².